The number of hydrogen-bond acceptors (Lipinski definition) is 2. The fraction of sp³-hybridized carbons (Fsp3) is 0.667. The molecule has 1 amide bonds. The van der Waals surface area contributed by atoms with Crippen molar-refractivity contribution in [3.8, 4) is 0 Å². The topological polar surface area (TPSA) is 32.3 Å². The average Bonchev–Trinajstić information content (AvgIpc) is 2.55. The van der Waals surface area contributed by atoms with E-state index in [9.17, 15) is 4.79 Å². The van der Waals surface area contributed by atoms with Gasteiger partial charge >= 0.3 is 0 Å². The summed E-state index contributed by atoms with van der Waals surface area (Å²) in [6.45, 7) is 6.21. The number of amides is 1. The molecule has 0 aromatic carbocycles. The Morgan fingerprint density at radius 3 is 2.54 bits per heavy atom. The number of hydrogen-bond donors (Lipinski definition) is 1. The molecular formula is C9H15ClN2O. The first kappa shape index (κ1) is 10.5. The van der Waals surface area contributed by atoms with Crippen LogP contribution in [0.25, 0.3) is 0 Å². The zero-order chi connectivity index (χ0) is 9.68. The maximum absolute atomic E-state index is 11.4. The van der Waals surface area contributed by atoms with Crippen LogP contribution in [0.1, 0.15) is 12.8 Å². The van der Waals surface area contributed by atoms with E-state index in [1.807, 2.05) is 4.90 Å². The highest BCUT2D eigenvalue weighted by Crippen LogP contribution is 2.06. The second-order valence-corrected chi connectivity index (χ2v) is 3.74. The number of halogens is 1. The summed E-state index contributed by atoms with van der Waals surface area (Å²) in [4.78, 5) is 13.3. The number of nitrogens with one attached hydrogen (secondary N) is 1. The minimum Gasteiger partial charge on any atom is -0.342 e. The number of carbonyl (C=O) groups excluding carboxylic acids is 1. The van der Waals surface area contributed by atoms with E-state index in [2.05, 4.69) is 11.9 Å². The van der Waals surface area contributed by atoms with Crippen LogP contribution in [-0.2, 0) is 4.79 Å². The molecule has 1 rings (SSSR count). The zero-order valence-electron chi connectivity index (χ0n) is 7.68. The molecular weight excluding hydrogens is 188 g/mol. The summed E-state index contributed by atoms with van der Waals surface area (Å²) in [5.74, 6) is 0.162. The van der Waals surface area contributed by atoms with Crippen LogP contribution in [0.15, 0.2) is 11.6 Å². The molecule has 1 aliphatic rings. The van der Waals surface area contributed by atoms with Crippen molar-refractivity contribution in [2.45, 2.75) is 12.8 Å². The summed E-state index contributed by atoms with van der Waals surface area (Å²) in [5.41, 5.74) is 0. The molecule has 1 heterocycles. The van der Waals surface area contributed by atoms with Gasteiger partial charge < -0.3 is 10.2 Å². The Hall–Kier alpha value is -0.540. The van der Waals surface area contributed by atoms with E-state index < -0.39 is 0 Å². The van der Waals surface area contributed by atoms with Gasteiger partial charge in [0.25, 0.3) is 0 Å². The fourth-order valence-corrected chi connectivity index (χ4v) is 1.48. The van der Waals surface area contributed by atoms with Gasteiger partial charge in [-0.2, -0.15) is 0 Å². The normalized spacial score (nSPS) is 16.2. The zero-order valence-corrected chi connectivity index (χ0v) is 8.44. The molecule has 0 atom stereocenters. The van der Waals surface area contributed by atoms with Gasteiger partial charge in [0.1, 0.15) is 0 Å². The molecule has 0 aromatic heterocycles. The van der Waals surface area contributed by atoms with Crippen LogP contribution >= 0.6 is 11.6 Å². The van der Waals surface area contributed by atoms with Gasteiger partial charge in [0.05, 0.1) is 6.54 Å². The maximum atomic E-state index is 11.4. The molecule has 0 aliphatic carbocycles. The van der Waals surface area contributed by atoms with Crippen LogP contribution in [-0.4, -0.2) is 37.0 Å². The first-order valence-electron chi connectivity index (χ1n) is 4.52. The van der Waals surface area contributed by atoms with Gasteiger partial charge in [0.2, 0.25) is 5.91 Å². The van der Waals surface area contributed by atoms with E-state index >= 15 is 0 Å². The predicted molar refractivity (Wildman–Crippen MR) is 53.7 cm³/mol. The third-order valence-electron chi connectivity index (χ3n) is 2.05. The lowest BCUT2D eigenvalue weighted by Crippen LogP contribution is -2.36. The number of carbonyl (C=O) groups is 1. The summed E-state index contributed by atoms with van der Waals surface area (Å²) in [6, 6.07) is 0. The van der Waals surface area contributed by atoms with Crippen molar-refractivity contribution < 1.29 is 4.79 Å². The molecule has 4 heteroatoms. The minimum absolute atomic E-state index is 0.162. The molecule has 0 radical (unpaired) electrons. The standard InChI is InChI=1S/C9H15ClN2O/c1-8(10)6-11-7-9(13)12-4-2-3-5-12/h11H,1-7H2. The van der Waals surface area contributed by atoms with Gasteiger partial charge in [-0.25, -0.2) is 0 Å². The summed E-state index contributed by atoms with van der Waals surface area (Å²) in [6.07, 6.45) is 2.27. The third kappa shape index (κ3) is 3.79. The van der Waals surface area contributed by atoms with Crippen molar-refractivity contribution in [1.82, 2.24) is 10.2 Å². The minimum atomic E-state index is 0.162. The van der Waals surface area contributed by atoms with Crippen LogP contribution in [0.4, 0.5) is 0 Å². The Labute approximate surface area is 83.7 Å². The highest BCUT2D eigenvalue weighted by molar-refractivity contribution is 6.29. The SMILES string of the molecule is C=C(Cl)CNCC(=O)N1CCCC1. The van der Waals surface area contributed by atoms with Crippen LogP contribution < -0.4 is 5.32 Å². The largest absolute Gasteiger partial charge is 0.342 e. The van der Waals surface area contributed by atoms with E-state index in [0.29, 0.717) is 18.1 Å². The Morgan fingerprint density at radius 1 is 1.38 bits per heavy atom. The van der Waals surface area contributed by atoms with Gasteiger partial charge in [-0.1, -0.05) is 18.2 Å². The van der Waals surface area contributed by atoms with Crippen molar-refractivity contribution in [3.63, 3.8) is 0 Å². The van der Waals surface area contributed by atoms with Gasteiger partial charge in [-0.3, -0.25) is 4.79 Å². The van der Waals surface area contributed by atoms with Gasteiger partial charge in [0.15, 0.2) is 0 Å². The first-order chi connectivity index (χ1) is 6.20. The van der Waals surface area contributed by atoms with Gasteiger partial charge in [-0.05, 0) is 12.8 Å². The lowest BCUT2D eigenvalue weighted by molar-refractivity contribution is -0.129. The summed E-state index contributed by atoms with van der Waals surface area (Å²) in [7, 11) is 0. The van der Waals surface area contributed by atoms with Crippen LogP contribution in [0.5, 0.6) is 0 Å². The molecule has 3 nitrogen and oxygen atoms in total. The van der Waals surface area contributed by atoms with E-state index in [-0.39, 0.29) is 5.91 Å². The Balaban J connectivity index is 2.13. The Kier molecular flexibility index (Phi) is 4.25. The molecule has 74 valence electrons. The van der Waals surface area contributed by atoms with Crippen molar-refractivity contribution in [1.29, 1.82) is 0 Å². The maximum Gasteiger partial charge on any atom is 0.236 e. The molecule has 0 spiro atoms. The van der Waals surface area contributed by atoms with Crippen LogP contribution in [0, 0.1) is 0 Å². The summed E-state index contributed by atoms with van der Waals surface area (Å²) >= 11 is 5.54. The predicted octanol–water partition coefficient (Wildman–Crippen LogP) is 0.951. The molecule has 1 saturated heterocycles. The lowest BCUT2D eigenvalue weighted by Gasteiger charge is -2.15. The molecule has 1 fully saturated rings. The monoisotopic (exact) mass is 202 g/mol. The van der Waals surface area contributed by atoms with Gasteiger partial charge in [0, 0.05) is 24.7 Å². The van der Waals surface area contributed by atoms with E-state index in [0.717, 1.165) is 25.9 Å². The molecule has 0 aromatic rings. The molecule has 1 N–H and O–H groups in total. The molecule has 0 saturated carbocycles. The highest BCUT2D eigenvalue weighted by Gasteiger charge is 2.16. The number of nitrogens with zero attached hydrogens (tertiary/aromatic N) is 1. The molecule has 13 heavy (non-hydrogen) atoms. The second kappa shape index (κ2) is 5.25. The lowest BCUT2D eigenvalue weighted by atomic mass is 10.4. The number of likely N-dealkylation sites (tertiary alicyclic amines) is 1. The van der Waals surface area contributed by atoms with Crippen molar-refractivity contribution in [3.05, 3.63) is 11.6 Å². The Morgan fingerprint density at radius 2 is 2.00 bits per heavy atom. The molecule has 0 bridgehead atoms. The van der Waals surface area contributed by atoms with Gasteiger partial charge in [-0.15, -0.1) is 0 Å². The summed E-state index contributed by atoms with van der Waals surface area (Å²) < 4.78 is 0. The Bertz CT molecular complexity index is 200. The smallest absolute Gasteiger partial charge is 0.236 e. The average molecular weight is 203 g/mol. The summed E-state index contributed by atoms with van der Waals surface area (Å²) in [5, 5.41) is 3.48. The first-order valence-corrected chi connectivity index (χ1v) is 4.89. The van der Waals surface area contributed by atoms with E-state index in [4.69, 9.17) is 11.6 Å². The van der Waals surface area contributed by atoms with Crippen molar-refractivity contribution >= 4 is 17.5 Å². The highest BCUT2D eigenvalue weighted by atomic mass is 35.5. The van der Waals surface area contributed by atoms with E-state index in [1.54, 1.807) is 0 Å². The number of rotatable bonds is 4. The van der Waals surface area contributed by atoms with Crippen molar-refractivity contribution in [2.75, 3.05) is 26.2 Å². The quantitative estimate of drug-likeness (QED) is 0.737. The van der Waals surface area contributed by atoms with Crippen LogP contribution in [0.2, 0.25) is 0 Å². The van der Waals surface area contributed by atoms with Crippen LogP contribution in [0.3, 0.4) is 0 Å². The van der Waals surface area contributed by atoms with Crippen molar-refractivity contribution in [2.24, 2.45) is 0 Å². The molecule has 1 aliphatic heterocycles. The second-order valence-electron chi connectivity index (χ2n) is 3.21. The molecule has 0 unspecified atom stereocenters. The van der Waals surface area contributed by atoms with E-state index in [1.165, 1.54) is 0 Å². The fourth-order valence-electron chi connectivity index (χ4n) is 1.38. The third-order valence-corrected chi connectivity index (χ3v) is 2.19.